The fourth-order valence-corrected chi connectivity index (χ4v) is 9.01. The average Bonchev–Trinajstić information content (AvgIpc) is 3.58. The Labute approximate surface area is 352 Å². The molecule has 1 unspecified atom stereocenters. The van der Waals surface area contributed by atoms with Crippen LogP contribution in [0.1, 0.15) is 86.1 Å². The molecule has 5 aliphatic rings. The van der Waals surface area contributed by atoms with Crippen molar-refractivity contribution in [3.8, 4) is 17.2 Å². The minimum absolute atomic E-state index is 0.0488. The summed E-state index contributed by atoms with van der Waals surface area (Å²) in [6.45, 7) is 3.96. The lowest BCUT2D eigenvalue weighted by Gasteiger charge is -2.47. The number of nitrogens with zero attached hydrogens (tertiary/aromatic N) is 3. The van der Waals surface area contributed by atoms with E-state index in [1.54, 1.807) is 6.92 Å². The number of methoxy groups -OCH3 is 1. The summed E-state index contributed by atoms with van der Waals surface area (Å²) in [6.07, 6.45) is -3.55. The van der Waals surface area contributed by atoms with Gasteiger partial charge in [0.1, 0.15) is 28.7 Å². The van der Waals surface area contributed by atoms with Crippen LogP contribution in [-0.4, -0.2) is 135 Å². The van der Waals surface area contributed by atoms with E-state index >= 15 is 4.39 Å². The molecule has 2 aliphatic carbocycles. The molecular formula is C43H43FN4O14. The molecule has 7 atom stereocenters. The smallest absolute Gasteiger partial charge is 0.274 e. The molecule has 3 aliphatic heterocycles. The number of nitrogens with one attached hydrogen (secondary N) is 1. The maximum Gasteiger partial charge on any atom is 0.274 e. The van der Waals surface area contributed by atoms with E-state index in [0.717, 1.165) is 24.3 Å². The van der Waals surface area contributed by atoms with Gasteiger partial charge in [-0.3, -0.25) is 28.9 Å². The third kappa shape index (κ3) is 7.24. The lowest BCUT2D eigenvalue weighted by molar-refractivity contribution is -0.260. The van der Waals surface area contributed by atoms with Gasteiger partial charge in [-0.25, -0.2) is 14.7 Å². The van der Waals surface area contributed by atoms with E-state index in [4.69, 9.17) is 18.9 Å². The van der Waals surface area contributed by atoms with Gasteiger partial charge in [0, 0.05) is 67.2 Å². The Balaban J connectivity index is 1.17. The molecule has 62 heavy (non-hydrogen) atoms. The van der Waals surface area contributed by atoms with Gasteiger partial charge >= 0.3 is 0 Å². The fourth-order valence-electron chi connectivity index (χ4n) is 9.01. The summed E-state index contributed by atoms with van der Waals surface area (Å²) in [5.41, 5.74) is -3.19. The van der Waals surface area contributed by atoms with Gasteiger partial charge in [0.2, 0.25) is 5.78 Å². The number of hydrazone groups is 1. The van der Waals surface area contributed by atoms with E-state index in [1.165, 1.54) is 31.4 Å². The molecule has 0 aromatic heterocycles. The van der Waals surface area contributed by atoms with Gasteiger partial charge in [-0.05, 0) is 38.1 Å². The summed E-state index contributed by atoms with van der Waals surface area (Å²) in [7, 11) is 1.30. The number of rotatable bonds is 9. The van der Waals surface area contributed by atoms with E-state index in [-0.39, 0.29) is 46.2 Å². The highest BCUT2D eigenvalue weighted by molar-refractivity contribution is 6.31. The van der Waals surface area contributed by atoms with Gasteiger partial charge in [-0.2, -0.15) is 5.10 Å². The normalized spacial score (nSPS) is 27.5. The van der Waals surface area contributed by atoms with E-state index in [2.05, 4.69) is 10.5 Å². The summed E-state index contributed by atoms with van der Waals surface area (Å²) in [5.74, 6) is -6.79. The van der Waals surface area contributed by atoms with Crippen LogP contribution in [0.5, 0.6) is 17.2 Å². The molecular weight excluding hydrogens is 815 g/mol. The minimum atomic E-state index is -2.33. The Morgan fingerprint density at radius 2 is 1.76 bits per heavy atom. The van der Waals surface area contributed by atoms with Crippen molar-refractivity contribution >= 4 is 40.7 Å². The molecule has 18 nitrogen and oxygen atoms in total. The van der Waals surface area contributed by atoms with Gasteiger partial charge in [0.05, 0.1) is 78.4 Å². The first-order chi connectivity index (χ1) is 29.6. The van der Waals surface area contributed by atoms with Crippen LogP contribution in [0.25, 0.3) is 0 Å². The van der Waals surface area contributed by atoms with E-state index in [0.29, 0.717) is 24.6 Å². The van der Waals surface area contributed by atoms with Crippen molar-refractivity contribution in [3.63, 3.8) is 0 Å². The summed E-state index contributed by atoms with van der Waals surface area (Å²) in [6, 6.07) is 6.79. The summed E-state index contributed by atoms with van der Waals surface area (Å²) in [4.78, 5) is 68.5. The number of hydrogen-bond donors (Lipinski definition) is 6. The zero-order valence-corrected chi connectivity index (χ0v) is 33.7. The maximum atomic E-state index is 15.3. The summed E-state index contributed by atoms with van der Waals surface area (Å²) >= 11 is 0. The standard InChI is InChI=1S/C43H43FN4O14/c1-19-17-47(11-12-60-19)26-14-32(61-20(2)37(26)52)62-28-16-43(58,29(18-49)45-46-42(57)22-8-7-21(13-25(22)44)48-30(50)9-10-31(48)51)15-24-34(28)41(56)36-35(39(24)54)38(53)23-5-4-6-27(59-3)33(23)40(36)55/h4-10,13,19-20,26,28,32,37,49,52,54,56,58H,11-12,14-18H2,1-3H3,(H,46,57)/b45-29+/t19-,20-,26?,28-,32-,37+,43-/m0/s1. The summed E-state index contributed by atoms with van der Waals surface area (Å²) in [5, 5.41) is 62.3. The number of imide groups is 1. The first-order valence-electron chi connectivity index (χ1n) is 19.8. The number of benzene rings is 3. The number of ether oxygens (including phenoxy) is 4. The number of phenols is 2. The number of anilines is 1. The second kappa shape index (κ2) is 16.4. The molecule has 3 amide bonds. The average molecular weight is 859 g/mol. The topological polar surface area (TPSA) is 254 Å². The Bertz CT molecular complexity index is 2460. The molecule has 19 heteroatoms. The quantitative estimate of drug-likeness (QED) is 0.0605. The molecule has 3 aromatic rings. The molecule has 8 rings (SSSR count). The number of morpholine rings is 1. The lowest BCUT2D eigenvalue weighted by atomic mass is 9.71. The molecule has 0 saturated carbocycles. The van der Waals surface area contributed by atoms with Gasteiger partial charge in [-0.15, -0.1) is 0 Å². The molecule has 3 heterocycles. The molecule has 3 aromatic carbocycles. The lowest BCUT2D eigenvalue weighted by Crippen LogP contribution is -2.59. The van der Waals surface area contributed by atoms with Gasteiger partial charge in [0.25, 0.3) is 17.7 Å². The molecule has 6 N–H and O–H groups in total. The monoisotopic (exact) mass is 858 g/mol. The molecule has 0 bridgehead atoms. The van der Waals surface area contributed by atoms with Crippen LogP contribution in [-0.2, 0) is 30.2 Å². The van der Waals surface area contributed by atoms with Crippen molar-refractivity contribution in [2.24, 2.45) is 5.10 Å². The zero-order valence-electron chi connectivity index (χ0n) is 33.7. The van der Waals surface area contributed by atoms with Crippen LogP contribution in [0, 0.1) is 5.82 Å². The van der Waals surface area contributed by atoms with Gasteiger partial charge in [0.15, 0.2) is 12.1 Å². The van der Waals surface area contributed by atoms with Crippen LogP contribution in [0.15, 0.2) is 53.7 Å². The number of carbonyl (C=O) groups excluding carboxylic acids is 5. The van der Waals surface area contributed by atoms with Crippen LogP contribution in [0.4, 0.5) is 10.1 Å². The zero-order chi connectivity index (χ0) is 44.4. The number of fused-ring (bicyclic) bond motifs is 3. The van der Waals surface area contributed by atoms with Crippen LogP contribution in [0.3, 0.4) is 0 Å². The highest BCUT2D eigenvalue weighted by atomic mass is 19.1. The number of phenolic OH excluding ortho intramolecular Hbond substituents is 2. The van der Waals surface area contributed by atoms with Crippen molar-refractivity contribution in [2.75, 3.05) is 38.3 Å². The van der Waals surface area contributed by atoms with E-state index in [1.807, 2.05) is 11.8 Å². The largest absolute Gasteiger partial charge is 0.507 e. The minimum Gasteiger partial charge on any atom is -0.507 e. The Morgan fingerprint density at radius 1 is 1.03 bits per heavy atom. The van der Waals surface area contributed by atoms with Crippen LogP contribution in [0.2, 0.25) is 0 Å². The molecule has 2 saturated heterocycles. The SMILES string of the molecule is COc1cccc2c1C(=O)c1c(O)c3c(c(O)c1C2=O)C[C@@](O)(/C(CO)=N/NC(=O)c1ccc(N2C(=O)C=CC2=O)cc1F)C[C@@H]3O[C@H]1CC(N2CCO[C@@H](C)C2)[C@H](O)[C@H](C)O1. The Kier molecular flexibility index (Phi) is 11.3. The van der Waals surface area contributed by atoms with Crippen molar-refractivity contribution < 1.29 is 72.8 Å². The number of aliphatic hydroxyl groups excluding tert-OH is 2. The van der Waals surface area contributed by atoms with Crippen LogP contribution >= 0.6 is 0 Å². The number of hydrogen-bond acceptors (Lipinski definition) is 16. The highest BCUT2D eigenvalue weighted by Crippen LogP contribution is 2.53. The Hall–Kier alpha value is -5.93. The van der Waals surface area contributed by atoms with Crippen LogP contribution < -0.4 is 15.1 Å². The number of aliphatic hydroxyl groups is 3. The fraction of sp³-hybridized carbons (Fsp3) is 0.395. The molecule has 0 spiro atoms. The van der Waals surface area contributed by atoms with Crippen molar-refractivity contribution in [1.82, 2.24) is 10.3 Å². The first-order valence-corrected chi connectivity index (χ1v) is 19.8. The predicted octanol–water partition coefficient (Wildman–Crippen LogP) is 1.55. The number of ketones is 2. The third-order valence-electron chi connectivity index (χ3n) is 12.1. The number of carbonyl (C=O) groups is 5. The number of amides is 3. The molecule has 0 radical (unpaired) electrons. The van der Waals surface area contributed by atoms with Crippen molar-refractivity contribution in [3.05, 3.63) is 93.3 Å². The molecule has 326 valence electrons. The first kappa shape index (κ1) is 42.7. The van der Waals surface area contributed by atoms with E-state index in [9.17, 15) is 49.5 Å². The maximum absolute atomic E-state index is 15.3. The second-order valence-corrected chi connectivity index (χ2v) is 15.8. The van der Waals surface area contributed by atoms with Crippen molar-refractivity contribution in [1.29, 1.82) is 0 Å². The molecule has 2 fully saturated rings. The summed E-state index contributed by atoms with van der Waals surface area (Å²) < 4.78 is 39.0. The highest BCUT2D eigenvalue weighted by Gasteiger charge is 2.50. The van der Waals surface area contributed by atoms with Crippen molar-refractivity contribution in [2.45, 2.75) is 75.5 Å². The number of aromatic hydroxyl groups is 2. The third-order valence-corrected chi connectivity index (χ3v) is 12.1. The van der Waals surface area contributed by atoms with Gasteiger partial charge < -0.3 is 44.5 Å². The predicted molar refractivity (Wildman–Crippen MR) is 212 cm³/mol. The Morgan fingerprint density at radius 3 is 2.44 bits per heavy atom. The van der Waals surface area contributed by atoms with Gasteiger partial charge in [-0.1, -0.05) is 12.1 Å². The van der Waals surface area contributed by atoms with E-state index < -0.39 is 125 Å². The second-order valence-electron chi connectivity index (χ2n) is 15.8. The number of halogens is 1.